The number of nitrogens with one attached hydrogen (secondary N) is 1. The van der Waals surface area contributed by atoms with Crippen molar-refractivity contribution in [1.29, 1.82) is 0 Å². The Kier molecular flexibility index (Phi) is 9.45. The van der Waals surface area contributed by atoms with Crippen LogP contribution in [0.1, 0.15) is 31.4 Å². The molecular weight excluding hydrogens is 319 g/mol. The van der Waals surface area contributed by atoms with Gasteiger partial charge in [0.1, 0.15) is 0 Å². The van der Waals surface area contributed by atoms with Gasteiger partial charge in [-0.15, -0.1) is 0 Å². The van der Waals surface area contributed by atoms with Crippen LogP contribution in [0.3, 0.4) is 0 Å². The van der Waals surface area contributed by atoms with Crippen LogP contribution in [-0.2, 0) is 37.5 Å². The van der Waals surface area contributed by atoms with E-state index in [0.717, 1.165) is 5.56 Å². The van der Waals surface area contributed by atoms with Crippen LogP contribution in [0.5, 0.6) is 0 Å². The van der Waals surface area contributed by atoms with Gasteiger partial charge in [0.25, 0.3) is 0 Å². The monoisotopic (exact) mass is 339 g/mol. The molecule has 0 saturated carbocycles. The zero-order valence-electron chi connectivity index (χ0n) is 11.1. The molecule has 0 saturated heterocycles. The summed E-state index contributed by atoms with van der Waals surface area (Å²) in [6.07, 6.45) is -1.63. The van der Waals surface area contributed by atoms with Gasteiger partial charge in [0.15, 0.2) is 0 Å². The summed E-state index contributed by atoms with van der Waals surface area (Å²) in [6.45, 7) is 5.24. The van der Waals surface area contributed by atoms with Crippen molar-refractivity contribution in [2.45, 2.75) is 38.0 Å². The molecule has 0 heterocycles. The van der Waals surface area contributed by atoms with Crippen molar-refractivity contribution in [2.75, 3.05) is 0 Å². The zero-order chi connectivity index (χ0) is 13.5. The minimum absolute atomic E-state index is 0. The standard InChI is InChI=1S/C14H20NO3.Y/c1-10(16)8-13(17)9-14(18)15-11(2)12-6-4-3-5-7-12;/h3-7,10-11,13,16-17H,1,8-9H2,2H3,(H,15,18);/q-1;/t10-,11-,13-;/m0./s1. The number of hydrogen-bond donors (Lipinski definition) is 3. The fraction of sp³-hybridized carbons (Fsp3) is 0.429. The number of rotatable bonds is 6. The maximum atomic E-state index is 11.6. The predicted molar refractivity (Wildman–Crippen MR) is 69.6 cm³/mol. The third-order valence-electron chi connectivity index (χ3n) is 2.64. The molecule has 0 spiro atoms. The van der Waals surface area contributed by atoms with Crippen molar-refractivity contribution in [3.63, 3.8) is 0 Å². The van der Waals surface area contributed by atoms with Crippen LogP contribution in [0, 0.1) is 6.92 Å². The van der Waals surface area contributed by atoms with Crippen molar-refractivity contribution in [3.8, 4) is 0 Å². The first-order valence-electron chi connectivity index (χ1n) is 6.02. The average Bonchev–Trinajstić information content (AvgIpc) is 2.28. The molecule has 1 aromatic rings. The normalized spacial score (nSPS) is 14.9. The van der Waals surface area contributed by atoms with Gasteiger partial charge in [-0.2, -0.15) is 0 Å². The van der Waals surface area contributed by atoms with Crippen LogP contribution in [0.25, 0.3) is 0 Å². The van der Waals surface area contributed by atoms with E-state index in [4.69, 9.17) is 5.11 Å². The van der Waals surface area contributed by atoms with Crippen molar-refractivity contribution in [2.24, 2.45) is 0 Å². The second-order valence-electron chi connectivity index (χ2n) is 4.45. The molecule has 1 amide bonds. The quantitative estimate of drug-likeness (QED) is 0.682. The van der Waals surface area contributed by atoms with E-state index in [1.54, 1.807) is 0 Å². The number of carbonyl (C=O) groups excluding carboxylic acids is 1. The molecule has 103 valence electrons. The van der Waals surface area contributed by atoms with Crippen molar-refractivity contribution < 1.29 is 47.7 Å². The van der Waals surface area contributed by atoms with Gasteiger partial charge in [-0.1, -0.05) is 36.4 Å². The zero-order valence-corrected chi connectivity index (χ0v) is 14.0. The molecule has 0 fully saturated rings. The average molecular weight is 339 g/mol. The first kappa shape index (κ1) is 18.7. The third-order valence-corrected chi connectivity index (χ3v) is 2.64. The molecular formula is C14H20NO3Y-. The summed E-state index contributed by atoms with van der Waals surface area (Å²) < 4.78 is 0. The predicted octanol–water partition coefficient (Wildman–Crippen LogP) is 1.20. The van der Waals surface area contributed by atoms with E-state index in [0.29, 0.717) is 0 Å². The summed E-state index contributed by atoms with van der Waals surface area (Å²) in [5.41, 5.74) is 1.01. The Balaban J connectivity index is 0.00000324. The van der Waals surface area contributed by atoms with E-state index in [2.05, 4.69) is 12.2 Å². The molecule has 3 N–H and O–H groups in total. The number of amides is 1. The third kappa shape index (κ3) is 7.78. The molecule has 1 radical (unpaired) electrons. The fourth-order valence-electron chi connectivity index (χ4n) is 1.74. The van der Waals surface area contributed by atoms with E-state index < -0.39 is 12.2 Å². The van der Waals surface area contributed by atoms with Gasteiger partial charge in [-0.3, -0.25) is 4.79 Å². The van der Waals surface area contributed by atoms with Crippen molar-refractivity contribution >= 4 is 5.91 Å². The molecule has 0 bridgehead atoms. The summed E-state index contributed by atoms with van der Waals surface area (Å²) >= 11 is 0. The van der Waals surface area contributed by atoms with Gasteiger partial charge < -0.3 is 22.5 Å². The van der Waals surface area contributed by atoms with E-state index in [1.165, 1.54) is 0 Å². The summed E-state index contributed by atoms with van der Waals surface area (Å²) in [5, 5.41) is 21.3. The van der Waals surface area contributed by atoms with Gasteiger partial charge in [0, 0.05) is 32.7 Å². The van der Waals surface area contributed by atoms with Crippen LogP contribution >= 0.6 is 0 Å². The molecule has 0 unspecified atom stereocenters. The van der Waals surface area contributed by atoms with E-state index in [-0.39, 0.29) is 57.5 Å². The van der Waals surface area contributed by atoms with Crippen LogP contribution in [0.2, 0.25) is 0 Å². The number of carbonyl (C=O) groups is 1. The van der Waals surface area contributed by atoms with Gasteiger partial charge in [-0.25, -0.2) is 0 Å². The van der Waals surface area contributed by atoms with Gasteiger partial charge in [0.2, 0.25) is 5.91 Å². The van der Waals surface area contributed by atoms with Gasteiger partial charge in [-0.05, 0) is 18.9 Å². The molecule has 0 aliphatic carbocycles. The number of benzene rings is 1. The largest absolute Gasteiger partial charge is 0.425 e. The maximum absolute atomic E-state index is 11.6. The Morgan fingerprint density at radius 1 is 1.32 bits per heavy atom. The topological polar surface area (TPSA) is 69.6 Å². The van der Waals surface area contributed by atoms with E-state index in [1.807, 2.05) is 37.3 Å². The van der Waals surface area contributed by atoms with Crippen LogP contribution in [0.4, 0.5) is 0 Å². The van der Waals surface area contributed by atoms with Gasteiger partial charge >= 0.3 is 0 Å². The summed E-state index contributed by atoms with van der Waals surface area (Å²) in [4.78, 5) is 11.6. The maximum Gasteiger partial charge on any atom is 0.223 e. The van der Waals surface area contributed by atoms with E-state index >= 15 is 0 Å². The minimum Gasteiger partial charge on any atom is -0.425 e. The van der Waals surface area contributed by atoms with Crippen molar-refractivity contribution in [3.05, 3.63) is 42.8 Å². The fourth-order valence-corrected chi connectivity index (χ4v) is 1.74. The molecule has 1 aromatic carbocycles. The molecule has 0 aromatic heterocycles. The Morgan fingerprint density at radius 3 is 2.42 bits per heavy atom. The van der Waals surface area contributed by atoms with Crippen LogP contribution < -0.4 is 5.32 Å². The molecule has 3 atom stereocenters. The number of aliphatic hydroxyl groups is 2. The van der Waals surface area contributed by atoms with Crippen LogP contribution in [0.15, 0.2) is 30.3 Å². The molecule has 1 rings (SSSR count). The van der Waals surface area contributed by atoms with Crippen molar-refractivity contribution in [1.82, 2.24) is 5.32 Å². The molecule has 4 nitrogen and oxygen atoms in total. The second-order valence-corrected chi connectivity index (χ2v) is 4.45. The Labute approximate surface area is 139 Å². The first-order chi connectivity index (χ1) is 8.49. The molecule has 19 heavy (non-hydrogen) atoms. The van der Waals surface area contributed by atoms with Crippen LogP contribution in [-0.4, -0.2) is 28.3 Å². The summed E-state index contributed by atoms with van der Waals surface area (Å²) in [7, 11) is 0. The summed E-state index contributed by atoms with van der Waals surface area (Å²) in [6, 6.07) is 9.49. The second kappa shape index (κ2) is 9.59. The van der Waals surface area contributed by atoms with E-state index in [9.17, 15) is 9.90 Å². The Morgan fingerprint density at radius 2 is 1.89 bits per heavy atom. The van der Waals surface area contributed by atoms with Gasteiger partial charge in [0.05, 0.1) is 18.6 Å². The smallest absolute Gasteiger partial charge is 0.223 e. The number of hydrogen-bond acceptors (Lipinski definition) is 3. The Hall–Kier alpha value is -0.286. The molecule has 5 heteroatoms. The minimum atomic E-state index is -0.861. The molecule has 0 aliphatic heterocycles. The number of aliphatic hydroxyl groups excluding tert-OH is 2. The summed E-state index contributed by atoms with van der Waals surface area (Å²) in [5.74, 6) is -0.237. The Bertz CT molecular complexity index is 370. The SMILES string of the molecule is [CH2-][C@H](O)C[C@H](O)CC(=O)N[C@@H](C)c1ccccc1.[Y]. The first-order valence-corrected chi connectivity index (χ1v) is 6.02. The molecule has 0 aliphatic rings.